The van der Waals surface area contributed by atoms with Gasteiger partial charge in [-0.3, -0.25) is 14.9 Å². The number of rotatable bonds is 6. The number of nitro benzene ring substituents is 1. The molecule has 0 aliphatic heterocycles. The summed E-state index contributed by atoms with van der Waals surface area (Å²) < 4.78 is 5.26. The second-order valence-corrected chi connectivity index (χ2v) is 5.01. The number of hydrogen-bond acceptors (Lipinski definition) is 4. The van der Waals surface area contributed by atoms with Crippen LogP contribution in [-0.2, 0) is 4.74 Å². The Morgan fingerprint density at radius 1 is 1.45 bits per heavy atom. The van der Waals surface area contributed by atoms with E-state index >= 15 is 0 Å². The van der Waals surface area contributed by atoms with Gasteiger partial charge in [0.05, 0.1) is 33.2 Å². The first-order valence-electron chi connectivity index (χ1n) is 5.86. The van der Waals surface area contributed by atoms with Gasteiger partial charge in [0.25, 0.3) is 11.6 Å². The number of halogens is 2. The Kier molecular flexibility index (Phi) is 6.19. The van der Waals surface area contributed by atoms with Crippen molar-refractivity contribution in [2.24, 2.45) is 0 Å². The lowest BCUT2D eigenvalue weighted by atomic mass is 10.2. The monoisotopic (exact) mass is 320 g/mol. The Morgan fingerprint density at radius 2 is 2.10 bits per heavy atom. The number of carbonyl (C=O) groups excluding carboxylic acids is 1. The van der Waals surface area contributed by atoms with Crippen LogP contribution >= 0.6 is 23.2 Å². The van der Waals surface area contributed by atoms with E-state index < -0.39 is 10.8 Å². The van der Waals surface area contributed by atoms with Crippen LogP contribution in [0.15, 0.2) is 12.1 Å². The molecule has 0 spiro atoms. The van der Waals surface area contributed by atoms with Gasteiger partial charge in [-0.2, -0.15) is 0 Å². The first kappa shape index (κ1) is 16.7. The minimum absolute atomic E-state index is 0.0143. The maximum absolute atomic E-state index is 11.9. The lowest BCUT2D eigenvalue weighted by Crippen LogP contribution is -2.28. The molecule has 0 fully saturated rings. The Morgan fingerprint density at radius 3 is 2.65 bits per heavy atom. The predicted molar refractivity (Wildman–Crippen MR) is 76.5 cm³/mol. The second kappa shape index (κ2) is 7.42. The highest BCUT2D eigenvalue weighted by molar-refractivity contribution is 6.44. The van der Waals surface area contributed by atoms with Crippen molar-refractivity contribution in [2.75, 3.05) is 13.2 Å². The standard InChI is InChI=1S/C12H14Cl2N2O4/c1-7(2)20-4-3-15-12(17)9-5-8(16(18)19)6-10(13)11(9)14/h5-7H,3-4H2,1-2H3,(H,15,17). The summed E-state index contributed by atoms with van der Waals surface area (Å²) in [6.45, 7) is 4.36. The van der Waals surface area contributed by atoms with E-state index in [-0.39, 0.29) is 33.9 Å². The van der Waals surface area contributed by atoms with Gasteiger partial charge in [0.1, 0.15) is 0 Å². The van der Waals surface area contributed by atoms with Gasteiger partial charge in [0.2, 0.25) is 0 Å². The molecule has 1 aromatic rings. The first-order chi connectivity index (χ1) is 9.32. The summed E-state index contributed by atoms with van der Waals surface area (Å²) in [5, 5.41) is 13.2. The van der Waals surface area contributed by atoms with Gasteiger partial charge in [-0.05, 0) is 13.8 Å². The SMILES string of the molecule is CC(C)OCCNC(=O)c1cc([N+](=O)[O-])cc(Cl)c1Cl. The zero-order chi connectivity index (χ0) is 15.3. The molecule has 0 unspecified atom stereocenters. The molecule has 0 aliphatic carbocycles. The molecule has 1 N–H and O–H groups in total. The van der Waals surface area contributed by atoms with Crippen LogP contribution in [0.5, 0.6) is 0 Å². The summed E-state index contributed by atoms with van der Waals surface area (Å²) in [4.78, 5) is 22.0. The second-order valence-electron chi connectivity index (χ2n) is 4.22. The minimum Gasteiger partial charge on any atom is -0.377 e. The predicted octanol–water partition coefficient (Wildman–Crippen LogP) is 3.06. The Bertz CT molecular complexity index is 520. The molecule has 0 aromatic heterocycles. The van der Waals surface area contributed by atoms with E-state index in [4.69, 9.17) is 27.9 Å². The molecule has 6 nitrogen and oxygen atoms in total. The summed E-state index contributed by atoms with van der Waals surface area (Å²) in [6.07, 6.45) is 0.0581. The molecule has 0 heterocycles. The molecule has 1 rings (SSSR count). The molecule has 0 bridgehead atoms. The fraction of sp³-hybridized carbons (Fsp3) is 0.417. The quantitative estimate of drug-likeness (QED) is 0.496. The molecule has 0 saturated carbocycles. The van der Waals surface area contributed by atoms with Crippen LogP contribution in [0.4, 0.5) is 5.69 Å². The van der Waals surface area contributed by atoms with Crippen LogP contribution in [0.1, 0.15) is 24.2 Å². The molecular weight excluding hydrogens is 307 g/mol. The number of ether oxygens (including phenoxy) is 1. The van der Waals surface area contributed by atoms with Crippen LogP contribution in [0.25, 0.3) is 0 Å². The molecule has 8 heteroatoms. The minimum atomic E-state index is -0.638. The van der Waals surface area contributed by atoms with Gasteiger partial charge in [-0.15, -0.1) is 0 Å². The molecule has 20 heavy (non-hydrogen) atoms. The van der Waals surface area contributed by atoms with Crippen molar-refractivity contribution in [3.63, 3.8) is 0 Å². The van der Waals surface area contributed by atoms with E-state index in [0.29, 0.717) is 6.61 Å². The molecular formula is C12H14Cl2N2O4. The van der Waals surface area contributed by atoms with E-state index in [9.17, 15) is 14.9 Å². The zero-order valence-corrected chi connectivity index (χ0v) is 12.5. The third kappa shape index (κ3) is 4.63. The molecule has 1 aromatic carbocycles. The first-order valence-corrected chi connectivity index (χ1v) is 6.61. The van der Waals surface area contributed by atoms with E-state index in [1.165, 1.54) is 0 Å². The summed E-state index contributed by atoms with van der Waals surface area (Å²) in [5.41, 5.74) is -0.321. The van der Waals surface area contributed by atoms with Crippen LogP contribution in [0, 0.1) is 10.1 Å². The third-order valence-corrected chi connectivity index (χ3v) is 3.11. The average Bonchev–Trinajstić information content (AvgIpc) is 2.36. The molecule has 0 radical (unpaired) electrons. The van der Waals surface area contributed by atoms with Crippen molar-refractivity contribution in [1.29, 1.82) is 0 Å². The van der Waals surface area contributed by atoms with Crippen molar-refractivity contribution in [3.8, 4) is 0 Å². The van der Waals surface area contributed by atoms with Crippen LogP contribution in [0.2, 0.25) is 10.0 Å². The van der Waals surface area contributed by atoms with Crippen molar-refractivity contribution in [1.82, 2.24) is 5.32 Å². The highest BCUT2D eigenvalue weighted by atomic mass is 35.5. The van der Waals surface area contributed by atoms with Gasteiger partial charge in [-0.1, -0.05) is 23.2 Å². The van der Waals surface area contributed by atoms with Gasteiger partial charge >= 0.3 is 0 Å². The van der Waals surface area contributed by atoms with E-state index in [2.05, 4.69) is 5.32 Å². The lowest BCUT2D eigenvalue weighted by molar-refractivity contribution is -0.384. The van der Waals surface area contributed by atoms with Gasteiger partial charge < -0.3 is 10.1 Å². The van der Waals surface area contributed by atoms with E-state index in [1.54, 1.807) is 0 Å². The number of benzene rings is 1. The maximum Gasteiger partial charge on any atom is 0.271 e. The van der Waals surface area contributed by atoms with Gasteiger partial charge in [-0.25, -0.2) is 0 Å². The van der Waals surface area contributed by atoms with Gasteiger partial charge in [0.15, 0.2) is 0 Å². The van der Waals surface area contributed by atoms with E-state index in [0.717, 1.165) is 12.1 Å². The van der Waals surface area contributed by atoms with Gasteiger partial charge in [0, 0.05) is 18.7 Å². The molecule has 1 amide bonds. The summed E-state index contributed by atoms with van der Waals surface area (Å²) in [5.74, 6) is -0.534. The van der Waals surface area contributed by atoms with Crippen LogP contribution in [0.3, 0.4) is 0 Å². The summed E-state index contributed by atoms with van der Waals surface area (Å²) in [7, 11) is 0. The lowest BCUT2D eigenvalue weighted by Gasteiger charge is -2.10. The fourth-order valence-corrected chi connectivity index (χ4v) is 1.81. The van der Waals surface area contributed by atoms with Crippen LogP contribution < -0.4 is 5.32 Å². The van der Waals surface area contributed by atoms with E-state index in [1.807, 2.05) is 13.8 Å². The smallest absolute Gasteiger partial charge is 0.271 e. The normalized spacial score (nSPS) is 10.7. The van der Waals surface area contributed by atoms with Crippen molar-refractivity contribution in [3.05, 3.63) is 37.9 Å². The summed E-state index contributed by atoms with van der Waals surface area (Å²) >= 11 is 11.7. The molecule has 110 valence electrons. The Hall–Kier alpha value is -1.37. The topological polar surface area (TPSA) is 81.5 Å². The summed E-state index contributed by atoms with van der Waals surface area (Å²) in [6, 6.07) is 2.19. The molecule has 0 atom stereocenters. The highest BCUT2D eigenvalue weighted by Gasteiger charge is 2.19. The number of nitro groups is 1. The van der Waals surface area contributed by atoms with Crippen molar-refractivity contribution in [2.45, 2.75) is 20.0 Å². The average molecular weight is 321 g/mol. The Balaban J connectivity index is 2.79. The number of nitrogens with one attached hydrogen (secondary N) is 1. The fourth-order valence-electron chi connectivity index (χ4n) is 1.40. The highest BCUT2D eigenvalue weighted by Crippen LogP contribution is 2.30. The number of amides is 1. The molecule has 0 aliphatic rings. The van der Waals surface area contributed by atoms with Crippen LogP contribution in [-0.4, -0.2) is 30.1 Å². The number of non-ortho nitro benzene ring substituents is 1. The van der Waals surface area contributed by atoms with Crippen molar-refractivity contribution >= 4 is 34.8 Å². The zero-order valence-electron chi connectivity index (χ0n) is 11.0. The Labute approximate surface area is 126 Å². The van der Waals surface area contributed by atoms with Crippen molar-refractivity contribution < 1.29 is 14.5 Å². The maximum atomic E-state index is 11.9. The largest absolute Gasteiger partial charge is 0.377 e. The number of carbonyl (C=O) groups is 1. The third-order valence-electron chi connectivity index (χ3n) is 2.31. The number of nitrogens with zero attached hydrogens (tertiary/aromatic N) is 1. The number of hydrogen-bond donors (Lipinski definition) is 1. The molecule has 0 saturated heterocycles.